The van der Waals surface area contributed by atoms with E-state index in [9.17, 15) is 9.90 Å². The Hall–Kier alpha value is -1.62. The number of hydrogen-bond donors (Lipinski definition) is 1. The first-order valence-electron chi connectivity index (χ1n) is 6.37. The van der Waals surface area contributed by atoms with Gasteiger partial charge in [-0.3, -0.25) is 4.98 Å². The van der Waals surface area contributed by atoms with Crippen LogP contribution in [0.1, 0.15) is 26.3 Å². The molecule has 0 aliphatic carbocycles. The maximum Gasteiger partial charge on any atom is 0.410 e. The summed E-state index contributed by atoms with van der Waals surface area (Å²) in [6.45, 7) is 6.08. The molecule has 0 saturated carbocycles. The minimum atomic E-state index is -0.861. The fourth-order valence-corrected chi connectivity index (χ4v) is 2.11. The number of β-amino-alcohol motifs (C(OH)–C–C–N with tert-alkyl or cyclic N) is 1. The van der Waals surface area contributed by atoms with Gasteiger partial charge in [0.2, 0.25) is 0 Å². The molecule has 1 aromatic heterocycles. The molecule has 1 fully saturated rings. The second-order valence-corrected chi connectivity index (χ2v) is 6.10. The van der Waals surface area contributed by atoms with Crippen LogP contribution in [-0.4, -0.2) is 45.4 Å². The molecule has 0 bridgehead atoms. The predicted molar refractivity (Wildman–Crippen MR) is 70.7 cm³/mol. The lowest BCUT2D eigenvalue weighted by Gasteiger charge is -2.46. The zero-order valence-corrected chi connectivity index (χ0v) is 11.6. The van der Waals surface area contributed by atoms with Crippen LogP contribution >= 0.6 is 0 Å². The predicted octanol–water partition coefficient (Wildman–Crippen LogP) is 1.61. The quantitative estimate of drug-likeness (QED) is 0.881. The Kier molecular flexibility index (Phi) is 3.49. The summed E-state index contributed by atoms with van der Waals surface area (Å²) in [5.74, 6) is 0. The van der Waals surface area contributed by atoms with Gasteiger partial charge in [-0.05, 0) is 32.4 Å². The van der Waals surface area contributed by atoms with Crippen molar-refractivity contribution in [1.29, 1.82) is 0 Å². The van der Waals surface area contributed by atoms with E-state index in [1.807, 2.05) is 32.9 Å². The van der Waals surface area contributed by atoms with Crippen LogP contribution in [0.25, 0.3) is 0 Å². The average Bonchev–Trinajstić information content (AvgIpc) is 2.24. The van der Waals surface area contributed by atoms with Crippen molar-refractivity contribution in [1.82, 2.24) is 9.88 Å². The highest BCUT2D eigenvalue weighted by Gasteiger charge is 2.45. The lowest BCUT2D eigenvalue weighted by Crippen LogP contribution is -2.65. The van der Waals surface area contributed by atoms with Crippen molar-refractivity contribution in [3.05, 3.63) is 30.1 Å². The van der Waals surface area contributed by atoms with Crippen molar-refractivity contribution in [3.63, 3.8) is 0 Å². The number of hydrogen-bond acceptors (Lipinski definition) is 4. The Morgan fingerprint density at radius 1 is 1.53 bits per heavy atom. The van der Waals surface area contributed by atoms with E-state index in [1.165, 1.54) is 4.90 Å². The van der Waals surface area contributed by atoms with Crippen molar-refractivity contribution in [2.45, 2.75) is 38.4 Å². The molecular formula is C14H20N2O3. The molecule has 1 saturated heterocycles. The van der Waals surface area contributed by atoms with Gasteiger partial charge in [-0.25, -0.2) is 4.79 Å². The topological polar surface area (TPSA) is 62.7 Å². The molecule has 1 aliphatic rings. The second kappa shape index (κ2) is 4.81. The first kappa shape index (κ1) is 13.8. The minimum Gasteiger partial charge on any atom is -0.444 e. The number of pyridine rings is 1. The smallest absolute Gasteiger partial charge is 0.410 e. The van der Waals surface area contributed by atoms with Crippen molar-refractivity contribution in [2.75, 3.05) is 13.1 Å². The van der Waals surface area contributed by atoms with Gasteiger partial charge in [0.25, 0.3) is 0 Å². The van der Waals surface area contributed by atoms with Gasteiger partial charge >= 0.3 is 6.09 Å². The van der Waals surface area contributed by atoms with Crippen LogP contribution in [0, 0.1) is 0 Å². The molecule has 104 valence electrons. The summed E-state index contributed by atoms with van der Waals surface area (Å²) in [7, 11) is 0. The summed E-state index contributed by atoms with van der Waals surface area (Å²) in [4.78, 5) is 17.3. The van der Waals surface area contributed by atoms with Crippen molar-refractivity contribution < 1.29 is 14.6 Å². The molecule has 0 aromatic carbocycles. The van der Waals surface area contributed by atoms with Gasteiger partial charge in [-0.2, -0.15) is 0 Å². The number of aliphatic hydroxyl groups is 1. The number of carbonyl (C=O) groups is 1. The van der Waals surface area contributed by atoms with E-state index in [0.717, 1.165) is 5.56 Å². The summed E-state index contributed by atoms with van der Waals surface area (Å²) in [6, 6.07) is 3.75. The van der Waals surface area contributed by atoms with Gasteiger partial charge < -0.3 is 14.7 Å². The second-order valence-electron chi connectivity index (χ2n) is 6.10. The molecule has 5 nitrogen and oxygen atoms in total. The highest BCUT2D eigenvalue weighted by molar-refractivity contribution is 5.69. The Balaban J connectivity index is 1.86. The molecule has 0 unspecified atom stereocenters. The standard InChI is InChI=1S/C14H20N2O3/c1-13(2,3)19-12(17)16-9-14(18,10-16)7-11-5-4-6-15-8-11/h4-6,8,18H,7,9-10H2,1-3H3. The highest BCUT2D eigenvalue weighted by Crippen LogP contribution is 2.26. The minimum absolute atomic E-state index is 0.302. The normalized spacial score (nSPS) is 17.8. The van der Waals surface area contributed by atoms with E-state index in [2.05, 4.69) is 4.98 Å². The largest absolute Gasteiger partial charge is 0.444 e. The number of nitrogens with zero attached hydrogens (tertiary/aromatic N) is 2. The summed E-state index contributed by atoms with van der Waals surface area (Å²) in [6.07, 6.45) is 3.55. The SMILES string of the molecule is CC(C)(C)OC(=O)N1CC(O)(Cc2cccnc2)C1. The molecule has 1 N–H and O–H groups in total. The Bertz CT molecular complexity index is 448. The van der Waals surface area contributed by atoms with Gasteiger partial charge in [0.05, 0.1) is 13.1 Å². The monoisotopic (exact) mass is 264 g/mol. The highest BCUT2D eigenvalue weighted by atomic mass is 16.6. The van der Waals surface area contributed by atoms with Crippen LogP contribution in [0.2, 0.25) is 0 Å². The number of rotatable bonds is 2. The van der Waals surface area contributed by atoms with Crippen LogP contribution in [0.15, 0.2) is 24.5 Å². The van der Waals surface area contributed by atoms with Crippen molar-refractivity contribution in [2.24, 2.45) is 0 Å². The number of likely N-dealkylation sites (tertiary alicyclic amines) is 1. The van der Waals surface area contributed by atoms with Gasteiger partial charge in [-0.15, -0.1) is 0 Å². The van der Waals surface area contributed by atoms with E-state index in [-0.39, 0.29) is 6.09 Å². The van der Waals surface area contributed by atoms with E-state index in [4.69, 9.17) is 4.74 Å². The first-order valence-corrected chi connectivity index (χ1v) is 6.37. The van der Waals surface area contributed by atoms with Crippen molar-refractivity contribution >= 4 is 6.09 Å². The van der Waals surface area contributed by atoms with Crippen molar-refractivity contribution in [3.8, 4) is 0 Å². The summed E-state index contributed by atoms with van der Waals surface area (Å²) < 4.78 is 5.25. The van der Waals surface area contributed by atoms with Gasteiger partial charge in [0.15, 0.2) is 0 Å². The van der Waals surface area contributed by atoms with Crippen LogP contribution in [0.5, 0.6) is 0 Å². The zero-order chi connectivity index (χ0) is 14.1. The fraction of sp³-hybridized carbons (Fsp3) is 0.571. The zero-order valence-electron chi connectivity index (χ0n) is 11.6. The Morgan fingerprint density at radius 2 is 2.21 bits per heavy atom. The Morgan fingerprint density at radius 3 is 2.74 bits per heavy atom. The van der Waals surface area contributed by atoms with E-state index < -0.39 is 11.2 Å². The number of carbonyl (C=O) groups excluding carboxylic acids is 1. The van der Waals surface area contributed by atoms with Crippen LogP contribution in [0.3, 0.4) is 0 Å². The molecule has 2 rings (SSSR count). The van der Waals surface area contributed by atoms with Crippen LogP contribution in [-0.2, 0) is 11.2 Å². The number of aromatic nitrogens is 1. The number of amides is 1. The van der Waals surface area contributed by atoms with Crippen LogP contribution < -0.4 is 0 Å². The summed E-state index contributed by atoms with van der Waals surface area (Å²) >= 11 is 0. The third kappa shape index (κ3) is 3.67. The Labute approximate surface area is 113 Å². The van der Waals surface area contributed by atoms with Gasteiger partial charge in [0, 0.05) is 18.8 Å². The third-order valence-electron chi connectivity index (χ3n) is 2.88. The molecule has 1 amide bonds. The molecular weight excluding hydrogens is 244 g/mol. The maximum atomic E-state index is 11.8. The molecule has 5 heteroatoms. The summed E-state index contributed by atoms with van der Waals surface area (Å²) in [5, 5.41) is 10.3. The molecule has 0 spiro atoms. The van der Waals surface area contributed by atoms with E-state index in [1.54, 1.807) is 12.4 Å². The van der Waals surface area contributed by atoms with Gasteiger partial charge in [0.1, 0.15) is 11.2 Å². The molecule has 1 aromatic rings. The molecule has 2 heterocycles. The average molecular weight is 264 g/mol. The number of ether oxygens (including phenoxy) is 1. The maximum absolute atomic E-state index is 11.8. The van der Waals surface area contributed by atoms with E-state index in [0.29, 0.717) is 19.5 Å². The summed E-state index contributed by atoms with van der Waals surface area (Å²) in [5.41, 5.74) is -0.400. The molecule has 19 heavy (non-hydrogen) atoms. The fourth-order valence-electron chi connectivity index (χ4n) is 2.11. The molecule has 0 radical (unpaired) electrons. The lowest BCUT2D eigenvalue weighted by atomic mass is 9.88. The van der Waals surface area contributed by atoms with E-state index >= 15 is 0 Å². The molecule has 0 atom stereocenters. The van der Waals surface area contributed by atoms with Crippen LogP contribution in [0.4, 0.5) is 4.79 Å². The first-order chi connectivity index (χ1) is 8.77. The van der Waals surface area contributed by atoms with Gasteiger partial charge in [-0.1, -0.05) is 6.07 Å². The third-order valence-corrected chi connectivity index (χ3v) is 2.88. The lowest BCUT2D eigenvalue weighted by molar-refractivity contribution is -0.0973. The molecule has 1 aliphatic heterocycles.